The maximum Gasteiger partial charge on any atom is 0.141 e. The third kappa shape index (κ3) is 3.48. The summed E-state index contributed by atoms with van der Waals surface area (Å²) in [5.74, 6) is 1.93. The zero-order chi connectivity index (χ0) is 21.7. The predicted molar refractivity (Wildman–Crippen MR) is 135 cm³/mol. The van der Waals surface area contributed by atoms with Crippen LogP contribution in [0.15, 0.2) is 42.7 Å². The Kier molecular flexibility index (Phi) is 5.11. The summed E-state index contributed by atoms with van der Waals surface area (Å²) in [6.07, 6.45) is 5.45. The molecule has 1 atom stereocenters. The Morgan fingerprint density at radius 1 is 1.03 bits per heavy atom. The molecule has 164 valence electrons. The second kappa shape index (κ2) is 8.13. The van der Waals surface area contributed by atoms with Crippen LogP contribution in [0.5, 0.6) is 0 Å². The Balaban J connectivity index is 1.24. The molecule has 4 aromatic rings. The molecule has 2 aliphatic rings. The van der Waals surface area contributed by atoms with Gasteiger partial charge in [-0.2, -0.15) is 0 Å². The smallest absolute Gasteiger partial charge is 0.141 e. The molecule has 2 aromatic heterocycles. The summed E-state index contributed by atoms with van der Waals surface area (Å²) in [6.45, 7) is 9.83. The number of aryl methyl sites for hydroxylation is 2. The number of anilines is 1. The van der Waals surface area contributed by atoms with Gasteiger partial charge in [0, 0.05) is 37.6 Å². The normalized spacial score (nSPS) is 19.6. The van der Waals surface area contributed by atoms with E-state index >= 15 is 0 Å². The molecule has 6 rings (SSSR count). The summed E-state index contributed by atoms with van der Waals surface area (Å²) in [5, 5.41) is 4.08. The summed E-state index contributed by atoms with van der Waals surface area (Å²) in [7, 11) is 0. The number of aromatic nitrogens is 2. The summed E-state index contributed by atoms with van der Waals surface area (Å²) in [4.78, 5) is 17.3. The van der Waals surface area contributed by atoms with Crippen molar-refractivity contribution in [3.05, 3.63) is 64.3 Å². The third-order valence-corrected chi connectivity index (χ3v) is 8.60. The Morgan fingerprint density at radius 2 is 1.88 bits per heavy atom. The summed E-state index contributed by atoms with van der Waals surface area (Å²) in [5.41, 5.74) is 4.40. The number of thiophene rings is 1. The van der Waals surface area contributed by atoms with E-state index in [9.17, 15) is 0 Å². The van der Waals surface area contributed by atoms with Crippen molar-refractivity contribution < 1.29 is 0 Å². The van der Waals surface area contributed by atoms with Crippen LogP contribution in [0.3, 0.4) is 0 Å². The van der Waals surface area contributed by atoms with Crippen molar-refractivity contribution in [1.29, 1.82) is 0 Å². The molecule has 3 heterocycles. The van der Waals surface area contributed by atoms with Crippen molar-refractivity contribution in [1.82, 2.24) is 14.9 Å². The maximum absolute atomic E-state index is 4.80. The molecule has 0 N–H and O–H groups in total. The number of benzene rings is 2. The summed E-state index contributed by atoms with van der Waals surface area (Å²) < 4.78 is 0. The monoisotopic (exact) mass is 442 g/mol. The van der Waals surface area contributed by atoms with Crippen molar-refractivity contribution in [3.8, 4) is 0 Å². The van der Waals surface area contributed by atoms with E-state index in [1.807, 2.05) is 11.3 Å². The molecular weight excluding hydrogens is 412 g/mol. The summed E-state index contributed by atoms with van der Waals surface area (Å²) in [6, 6.07) is 13.3. The molecule has 1 saturated heterocycles. The molecule has 5 heteroatoms. The van der Waals surface area contributed by atoms with Gasteiger partial charge in [0.05, 0.1) is 5.39 Å². The molecule has 0 radical (unpaired) electrons. The zero-order valence-corrected chi connectivity index (χ0v) is 19.8. The first-order chi connectivity index (χ1) is 15.7. The highest BCUT2D eigenvalue weighted by Crippen LogP contribution is 2.40. The van der Waals surface area contributed by atoms with E-state index in [0.717, 1.165) is 38.6 Å². The Bertz CT molecular complexity index is 1290. The van der Waals surface area contributed by atoms with E-state index in [1.54, 1.807) is 11.2 Å². The first kappa shape index (κ1) is 20.1. The van der Waals surface area contributed by atoms with Crippen LogP contribution in [0.1, 0.15) is 34.9 Å². The van der Waals surface area contributed by atoms with Crippen molar-refractivity contribution in [2.45, 2.75) is 39.7 Å². The van der Waals surface area contributed by atoms with Crippen LogP contribution in [0.4, 0.5) is 5.82 Å². The number of piperazine rings is 1. The first-order valence-electron chi connectivity index (χ1n) is 11.9. The van der Waals surface area contributed by atoms with Gasteiger partial charge in [0.1, 0.15) is 17.0 Å². The maximum atomic E-state index is 4.80. The number of hydrogen-bond acceptors (Lipinski definition) is 5. The van der Waals surface area contributed by atoms with E-state index in [1.165, 1.54) is 62.8 Å². The second-order valence-electron chi connectivity index (χ2n) is 9.57. The van der Waals surface area contributed by atoms with E-state index in [0.29, 0.717) is 0 Å². The highest BCUT2D eigenvalue weighted by atomic mass is 32.1. The number of fused-ring (bicyclic) bond motifs is 4. The minimum atomic E-state index is 0.758. The van der Waals surface area contributed by atoms with Gasteiger partial charge in [-0.1, -0.05) is 43.3 Å². The van der Waals surface area contributed by atoms with E-state index in [2.05, 4.69) is 65.0 Å². The van der Waals surface area contributed by atoms with Crippen LogP contribution in [0.25, 0.3) is 21.0 Å². The van der Waals surface area contributed by atoms with Gasteiger partial charge < -0.3 is 4.90 Å². The lowest BCUT2D eigenvalue weighted by Gasteiger charge is -2.36. The molecular formula is C27H30N4S. The summed E-state index contributed by atoms with van der Waals surface area (Å²) >= 11 is 1.90. The van der Waals surface area contributed by atoms with Crippen LogP contribution in [0, 0.1) is 12.8 Å². The Hall–Kier alpha value is -2.50. The van der Waals surface area contributed by atoms with Crippen LogP contribution >= 0.6 is 11.3 Å². The van der Waals surface area contributed by atoms with Crippen molar-refractivity contribution in [2.75, 3.05) is 31.1 Å². The van der Waals surface area contributed by atoms with Gasteiger partial charge in [0.25, 0.3) is 0 Å². The van der Waals surface area contributed by atoms with Crippen LogP contribution in [-0.2, 0) is 19.4 Å². The van der Waals surface area contributed by atoms with Gasteiger partial charge in [0.15, 0.2) is 0 Å². The third-order valence-electron chi connectivity index (χ3n) is 7.40. The zero-order valence-electron chi connectivity index (χ0n) is 19.0. The first-order valence-corrected chi connectivity index (χ1v) is 12.7. The van der Waals surface area contributed by atoms with Gasteiger partial charge in [-0.25, -0.2) is 9.97 Å². The molecule has 1 fully saturated rings. The van der Waals surface area contributed by atoms with Gasteiger partial charge >= 0.3 is 0 Å². The predicted octanol–water partition coefficient (Wildman–Crippen LogP) is 5.60. The Morgan fingerprint density at radius 3 is 2.75 bits per heavy atom. The molecule has 1 unspecified atom stereocenters. The molecule has 1 aliphatic heterocycles. The molecule has 0 spiro atoms. The van der Waals surface area contributed by atoms with Gasteiger partial charge in [0.2, 0.25) is 0 Å². The quantitative estimate of drug-likeness (QED) is 0.413. The minimum absolute atomic E-state index is 0.758. The van der Waals surface area contributed by atoms with Gasteiger partial charge in [-0.05, 0) is 59.6 Å². The van der Waals surface area contributed by atoms with E-state index in [-0.39, 0.29) is 0 Å². The topological polar surface area (TPSA) is 32.3 Å². The molecule has 1 aliphatic carbocycles. The fourth-order valence-corrected chi connectivity index (χ4v) is 6.68. The average molecular weight is 443 g/mol. The van der Waals surface area contributed by atoms with Crippen molar-refractivity contribution in [2.24, 2.45) is 5.92 Å². The molecule has 0 saturated carbocycles. The molecule has 0 amide bonds. The highest BCUT2D eigenvalue weighted by Gasteiger charge is 2.27. The SMILES string of the molecule is Cc1ccc2ccccc2c1CN1CCN(c2ncnc3sc4c(c23)CC(C)CC4)CC1. The lowest BCUT2D eigenvalue weighted by Crippen LogP contribution is -2.46. The standard InChI is InChI=1S/C27H30N4S/c1-18-7-10-24-22(15-18)25-26(28-17-29-27(25)32-24)31-13-11-30(12-14-31)16-23-19(2)8-9-20-5-3-4-6-21(20)23/h3-6,8-9,17-18H,7,10-16H2,1-2H3. The number of nitrogens with zero attached hydrogens (tertiary/aromatic N) is 4. The molecule has 4 nitrogen and oxygen atoms in total. The molecule has 2 aromatic carbocycles. The lowest BCUT2D eigenvalue weighted by atomic mass is 9.88. The van der Waals surface area contributed by atoms with Crippen molar-refractivity contribution in [3.63, 3.8) is 0 Å². The average Bonchev–Trinajstić information content (AvgIpc) is 3.19. The number of hydrogen-bond donors (Lipinski definition) is 0. The molecule has 32 heavy (non-hydrogen) atoms. The Labute approximate surface area is 193 Å². The van der Waals surface area contributed by atoms with Crippen molar-refractivity contribution >= 4 is 38.1 Å². The van der Waals surface area contributed by atoms with Crippen LogP contribution in [0.2, 0.25) is 0 Å². The van der Waals surface area contributed by atoms with E-state index in [4.69, 9.17) is 4.98 Å². The second-order valence-corrected chi connectivity index (χ2v) is 10.7. The largest absolute Gasteiger partial charge is 0.353 e. The lowest BCUT2D eigenvalue weighted by molar-refractivity contribution is 0.250. The van der Waals surface area contributed by atoms with Crippen LogP contribution in [-0.4, -0.2) is 41.0 Å². The number of rotatable bonds is 3. The highest BCUT2D eigenvalue weighted by molar-refractivity contribution is 7.19. The fraction of sp³-hybridized carbons (Fsp3) is 0.407. The minimum Gasteiger partial charge on any atom is -0.353 e. The van der Waals surface area contributed by atoms with Gasteiger partial charge in [-0.15, -0.1) is 11.3 Å². The molecule has 0 bridgehead atoms. The van der Waals surface area contributed by atoms with E-state index < -0.39 is 0 Å². The van der Waals surface area contributed by atoms with Crippen LogP contribution < -0.4 is 4.90 Å². The fourth-order valence-electron chi connectivity index (χ4n) is 5.50. The van der Waals surface area contributed by atoms with Gasteiger partial charge in [-0.3, -0.25) is 4.90 Å².